The Morgan fingerprint density at radius 2 is 1.77 bits per heavy atom. The first-order valence-corrected chi connectivity index (χ1v) is 9.45. The lowest BCUT2D eigenvalue weighted by atomic mass is 10.0. The van der Waals surface area contributed by atoms with E-state index in [0.29, 0.717) is 23.4 Å². The number of hydrogen-bond donors (Lipinski definition) is 2. The highest BCUT2D eigenvalue weighted by molar-refractivity contribution is 5.97. The smallest absolute Gasteiger partial charge is 0.326 e. The molecule has 3 aliphatic rings. The van der Waals surface area contributed by atoms with Crippen molar-refractivity contribution in [1.29, 1.82) is 0 Å². The Hall–Kier alpha value is -1.79. The van der Waals surface area contributed by atoms with Crippen LogP contribution in [0, 0.1) is 11.8 Å². The van der Waals surface area contributed by atoms with Crippen LogP contribution in [0.1, 0.15) is 42.1 Å². The van der Waals surface area contributed by atoms with Gasteiger partial charge in [-0.1, -0.05) is 12.8 Å². The fourth-order valence-corrected chi connectivity index (χ4v) is 4.99. The van der Waals surface area contributed by atoms with Crippen LogP contribution < -0.4 is 11.0 Å². The molecule has 2 atom stereocenters. The number of benzene rings is 1. The van der Waals surface area contributed by atoms with Gasteiger partial charge in [-0.3, -0.25) is 9.36 Å². The Kier molecular flexibility index (Phi) is 4.57. The number of nitrogens with one attached hydrogen (secondary N) is 2. The third-order valence-electron chi connectivity index (χ3n) is 6.33. The molecule has 0 spiro atoms. The molecule has 1 saturated carbocycles. The predicted molar refractivity (Wildman–Crippen MR) is 103 cm³/mol. The fraction of sp³-hybridized carbons (Fsp3) is 0.579. The maximum Gasteiger partial charge on any atom is 0.326 e. The van der Waals surface area contributed by atoms with Crippen LogP contribution in [0.5, 0.6) is 0 Å². The molecular formula is C19H25ClN4O2. The van der Waals surface area contributed by atoms with Gasteiger partial charge in [0.1, 0.15) is 0 Å². The topological polar surface area (TPSA) is 70.1 Å². The van der Waals surface area contributed by atoms with Crippen molar-refractivity contribution < 1.29 is 4.79 Å². The van der Waals surface area contributed by atoms with Crippen LogP contribution in [-0.4, -0.2) is 46.5 Å². The average molecular weight is 377 g/mol. The maximum atomic E-state index is 12.9. The van der Waals surface area contributed by atoms with Crippen LogP contribution in [-0.2, 0) is 0 Å². The van der Waals surface area contributed by atoms with E-state index in [1.807, 2.05) is 27.7 Å². The van der Waals surface area contributed by atoms with Gasteiger partial charge in [0.25, 0.3) is 5.91 Å². The minimum atomic E-state index is -0.0479. The van der Waals surface area contributed by atoms with Gasteiger partial charge in [0.2, 0.25) is 0 Å². The molecule has 2 aromatic rings. The number of aromatic nitrogens is 2. The summed E-state index contributed by atoms with van der Waals surface area (Å²) >= 11 is 0. The molecule has 2 saturated heterocycles. The Morgan fingerprint density at radius 3 is 2.46 bits per heavy atom. The van der Waals surface area contributed by atoms with Gasteiger partial charge in [-0.15, -0.1) is 12.4 Å². The number of H-pyrrole nitrogens is 1. The van der Waals surface area contributed by atoms with Gasteiger partial charge in [-0.25, -0.2) is 4.79 Å². The van der Waals surface area contributed by atoms with Crippen molar-refractivity contribution in [3.05, 3.63) is 34.2 Å². The summed E-state index contributed by atoms with van der Waals surface area (Å²) in [6.45, 7) is 3.72. The summed E-state index contributed by atoms with van der Waals surface area (Å²) < 4.78 is 1.89. The Balaban J connectivity index is 0.00000168. The number of fused-ring (bicyclic) bond motifs is 2. The van der Waals surface area contributed by atoms with Crippen molar-refractivity contribution in [2.75, 3.05) is 26.2 Å². The summed E-state index contributed by atoms with van der Waals surface area (Å²) in [4.78, 5) is 30.2. The summed E-state index contributed by atoms with van der Waals surface area (Å²) in [5.41, 5.74) is 2.34. The maximum absolute atomic E-state index is 12.9. The zero-order chi connectivity index (χ0) is 17.0. The van der Waals surface area contributed by atoms with E-state index >= 15 is 0 Å². The number of carbonyl (C=O) groups is 1. The van der Waals surface area contributed by atoms with E-state index in [1.54, 1.807) is 0 Å². The van der Waals surface area contributed by atoms with Gasteiger partial charge in [-0.2, -0.15) is 0 Å². The largest absolute Gasteiger partial charge is 0.338 e. The number of carbonyl (C=O) groups excluding carboxylic acids is 1. The van der Waals surface area contributed by atoms with Gasteiger partial charge in [-0.05, 0) is 42.9 Å². The number of imidazole rings is 1. The minimum absolute atomic E-state index is 0. The lowest BCUT2D eigenvalue weighted by Crippen LogP contribution is -2.31. The van der Waals surface area contributed by atoms with Crippen LogP contribution in [0.2, 0.25) is 0 Å². The SMILES string of the molecule is Cl.O=C(c1ccc2c(c1)[nH]c(=O)n2C1CCCC1)N1C[C@H]2CNC[C@H]2C1. The number of likely N-dealkylation sites (tertiary alicyclic amines) is 1. The molecule has 3 fully saturated rings. The Labute approximate surface area is 158 Å². The second-order valence-electron chi connectivity index (χ2n) is 7.86. The van der Waals surface area contributed by atoms with Crippen molar-refractivity contribution in [1.82, 2.24) is 19.8 Å². The van der Waals surface area contributed by atoms with Gasteiger partial charge < -0.3 is 15.2 Å². The Bertz CT molecular complexity index is 871. The molecule has 3 heterocycles. The first kappa shape index (κ1) is 17.6. The normalized spacial score (nSPS) is 25.6. The summed E-state index contributed by atoms with van der Waals surface area (Å²) in [5.74, 6) is 1.28. The Morgan fingerprint density at radius 1 is 1.08 bits per heavy atom. The van der Waals surface area contributed by atoms with Gasteiger partial charge >= 0.3 is 5.69 Å². The second-order valence-corrected chi connectivity index (χ2v) is 7.86. The summed E-state index contributed by atoms with van der Waals surface area (Å²) in [5, 5.41) is 3.40. The zero-order valence-electron chi connectivity index (χ0n) is 14.7. The molecular weight excluding hydrogens is 352 g/mol. The number of amides is 1. The third-order valence-corrected chi connectivity index (χ3v) is 6.33. The number of aromatic amines is 1. The molecule has 2 aliphatic heterocycles. The monoisotopic (exact) mass is 376 g/mol. The van der Waals surface area contributed by atoms with Gasteiger partial charge in [0.15, 0.2) is 0 Å². The molecule has 26 heavy (non-hydrogen) atoms. The fourth-order valence-electron chi connectivity index (χ4n) is 4.99. The predicted octanol–water partition coefficient (Wildman–Crippen LogP) is 2.16. The first-order valence-electron chi connectivity index (χ1n) is 9.45. The van der Waals surface area contributed by atoms with Gasteiger partial charge in [0.05, 0.1) is 11.0 Å². The van der Waals surface area contributed by atoms with E-state index in [2.05, 4.69) is 10.3 Å². The summed E-state index contributed by atoms with van der Waals surface area (Å²) in [7, 11) is 0. The lowest BCUT2D eigenvalue weighted by Gasteiger charge is -2.17. The average Bonchev–Trinajstić information content (AvgIpc) is 3.35. The van der Waals surface area contributed by atoms with Crippen molar-refractivity contribution in [3.63, 3.8) is 0 Å². The van der Waals surface area contributed by atoms with E-state index in [-0.39, 0.29) is 24.0 Å². The lowest BCUT2D eigenvalue weighted by molar-refractivity contribution is 0.0782. The molecule has 1 aromatic heterocycles. The number of halogens is 1. The van der Waals surface area contributed by atoms with Gasteiger partial charge in [0, 0.05) is 37.8 Å². The van der Waals surface area contributed by atoms with E-state index in [9.17, 15) is 9.59 Å². The molecule has 1 aliphatic carbocycles. The highest BCUT2D eigenvalue weighted by Crippen LogP contribution is 2.31. The van der Waals surface area contributed by atoms with Crippen molar-refractivity contribution in [2.24, 2.45) is 11.8 Å². The van der Waals surface area contributed by atoms with E-state index < -0.39 is 0 Å². The molecule has 1 amide bonds. The second kappa shape index (κ2) is 6.74. The first-order chi connectivity index (χ1) is 12.2. The molecule has 140 valence electrons. The van der Waals surface area contributed by atoms with Crippen LogP contribution >= 0.6 is 12.4 Å². The van der Waals surface area contributed by atoms with Crippen LogP contribution in [0.15, 0.2) is 23.0 Å². The third kappa shape index (κ3) is 2.76. The van der Waals surface area contributed by atoms with Crippen molar-refractivity contribution >= 4 is 29.3 Å². The van der Waals surface area contributed by atoms with E-state index in [0.717, 1.165) is 50.1 Å². The molecule has 0 radical (unpaired) electrons. The zero-order valence-corrected chi connectivity index (χ0v) is 15.6. The van der Waals surface area contributed by atoms with E-state index in [4.69, 9.17) is 0 Å². The number of rotatable bonds is 2. The summed E-state index contributed by atoms with van der Waals surface area (Å²) in [6, 6.07) is 5.98. The highest BCUT2D eigenvalue weighted by atomic mass is 35.5. The quantitative estimate of drug-likeness (QED) is 0.843. The van der Waals surface area contributed by atoms with Crippen LogP contribution in [0.25, 0.3) is 11.0 Å². The molecule has 6 nitrogen and oxygen atoms in total. The molecule has 0 bridgehead atoms. The van der Waals surface area contributed by atoms with Crippen molar-refractivity contribution in [3.8, 4) is 0 Å². The standard InChI is InChI=1S/C19H24N4O2.ClH/c24-18(22-10-13-8-20-9-14(13)11-22)12-5-6-17-16(7-12)21-19(25)23(17)15-3-1-2-4-15;/h5-7,13-15,20H,1-4,8-11H2,(H,21,25);1H/t13-,14+;. The molecule has 2 N–H and O–H groups in total. The van der Waals surface area contributed by atoms with Crippen molar-refractivity contribution in [2.45, 2.75) is 31.7 Å². The molecule has 0 unspecified atom stereocenters. The number of hydrogen-bond acceptors (Lipinski definition) is 3. The molecule has 7 heteroatoms. The van der Waals surface area contributed by atoms with Crippen LogP contribution in [0.4, 0.5) is 0 Å². The van der Waals surface area contributed by atoms with Crippen LogP contribution in [0.3, 0.4) is 0 Å². The highest BCUT2D eigenvalue weighted by Gasteiger charge is 2.38. The molecule has 5 rings (SSSR count). The number of nitrogens with zero attached hydrogens (tertiary/aromatic N) is 2. The minimum Gasteiger partial charge on any atom is -0.338 e. The van der Waals surface area contributed by atoms with E-state index in [1.165, 1.54) is 12.8 Å². The summed E-state index contributed by atoms with van der Waals surface area (Å²) in [6.07, 6.45) is 4.51. The molecule has 1 aromatic carbocycles.